The molecule has 0 radical (unpaired) electrons. The molecule has 0 aliphatic carbocycles. The molecular weight excluding hydrogens is 1540 g/mol. The molecule has 0 unspecified atom stereocenters. The van der Waals surface area contributed by atoms with Gasteiger partial charge in [0.15, 0.2) is 0 Å². The molecule has 0 fully saturated rings. The molecule has 0 amide bonds. The maximum absolute atomic E-state index is 13.4. The number of aromatic nitrogens is 4. The van der Waals surface area contributed by atoms with Gasteiger partial charge in [-0.2, -0.15) is 20.4 Å². The first-order valence-corrected chi connectivity index (χ1v) is 36.5. The van der Waals surface area contributed by atoms with E-state index in [0.29, 0.717) is 54.8 Å². The van der Waals surface area contributed by atoms with Crippen molar-refractivity contribution in [1.29, 1.82) is 0 Å². The van der Waals surface area contributed by atoms with Crippen LogP contribution in [0.2, 0.25) is 15.1 Å². The number of rotatable bonds is 14. The molecule has 19 nitrogen and oxygen atoms in total. The molecule has 0 bridgehead atoms. The van der Waals surface area contributed by atoms with E-state index in [1.807, 2.05) is 115 Å². The van der Waals surface area contributed by atoms with Gasteiger partial charge in [-0.1, -0.05) is 202 Å². The Morgan fingerprint density at radius 3 is 1.21 bits per heavy atom. The maximum Gasteiger partial charge on any atom is 0.263 e. The van der Waals surface area contributed by atoms with Crippen LogP contribution in [-0.2, 0) is 13.1 Å². The molecule has 16 rings (SSSR count). The molecule has 552 valence electrons. The molecule has 12 aromatic carbocycles. The molecule has 0 saturated carbocycles. The first kappa shape index (κ1) is 77.8. The number of carbonyl (C=O) groups excluding carboxylic acids is 2. The summed E-state index contributed by atoms with van der Waals surface area (Å²) < 4.78 is 8.70. The SMILES string of the molecule is CC(N)=N/N=C/c1cn(C(=O)c2cccc3ccccc23)c2ccc(Cl)cc12.CC(N)=N/N=C/c1cn(Cc2cccc3ccccc23)c2ccc(Br)cc12.CC(N)=N/N=C/c1cn(Cc2cccc3ccccc23)c2ccc(Cl)cc12.NC(N)=N/N=C/c1cn(C(=O)c2ccc3ccccc3c2)c2ccc(Cl)cc12.[Cl-]. The zero-order chi connectivity index (χ0) is 77.0. The summed E-state index contributed by atoms with van der Waals surface area (Å²) in [6.45, 7) is 6.62. The lowest BCUT2D eigenvalue weighted by Crippen LogP contribution is -3.00. The van der Waals surface area contributed by atoms with Crippen LogP contribution in [-0.4, -0.2) is 78.4 Å². The summed E-state index contributed by atoms with van der Waals surface area (Å²) in [6.07, 6.45) is 14.2. The Labute approximate surface area is 667 Å². The molecule has 4 heterocycles. The third-order valence-corrected chi connectivity index (χ3v) is 19.0. The van der Waals surface area contributed by atoms with E-state index in [4.69, 9.17) is 63.5 Å². The predicted octanol–water partition coefficient (Wildman–Crippen LogP) is 16.1. The smallest absolute Gasteiger partial charge is 0.263 e. The Morgan fingerprint density at radius 1 is 0.360 bits per heavy atom. The third-order valence-electron chi connectivity index (χ3n) is 17.8. The van der Waals surface area contributed by atoms with Crippen LogP contribution in [0.25, 0.3) is 86.7 Å². The minimum Gasteiger partial charge on any atom is -1.00 e. The summed E-state index contributed by atoms with van der Waals surface area (Å²) >= 11 is 22.1. The lowest BCUT2D eigenvalue weighted by atomic mass is 10.0. The molecule has 0 saturated heterocycles. The number of nitrogens with two attached hydrogens (primary N) is 5. The molecule has 0 atom stereocenters. The molecule has 16 aromatic rings. The second-order valence-corrected chi connectivity index (χ2v) is 27.9. The zero-order valence-corrected chi connectivity index (χ0v) is 64.7. The highest BCUT2D eigenvalue weighted by Crippen LogP contribution is 2.33. The first-order valence-electron chi connectivity index (χ1n) is 34.6. The summed E-state index contributed by atoms with van der Waals surface area (Å²) in [5.41, 5.74) is 38.1. The van der Waals surface area contributed by atoms with Crippen LogP contribution in [0.1, 0.15) is 74.9 Å². The molecule has 0 aliphatic heterocycles. The van der Waals surface area contributed by atoms with Crippen molar-refractivity contribution < 1.29 is 22.0 Å². The van der Waals surface area contributed by atoms with Gasteiger partial charge < -0.3 is 50.2 Å². The Hall–Kier alpha value is -12.8. The van der Waals surface area contributed by atoms with E-state index in [0.717, 1.165) is 93.9 Å². The van der Waals surface area contributed by atoms with Gasteiger partial charge in [0.2, 0.25) is 5.96 Å². The van der Waals surface area contributed by atoms with Gasteiger partial charge in [0.1, 0.15) is 17.5 Å². The topological polar surface area (TPSA) is 283 Å². The van der Waals surface area contributed by atoms with E-state index < -0.39 is 0 Å². The largest absolute Gasteiger partial charge is 1.00 e. The van der Waals surface area contributed by atoms with Crippen LogP contribution in [0.15, 0.2) is 313 Å². The molecule has 0 aliphatic rings. The number of nitrogens with zero attached hydrogens (tertiary/aromatic N) is 12. The van der Waals surface area contributed by atoms with Crippen LogP contribution in [0.5, 0.6) is 0 Å². The van der Waals surface area contributed by atoms with E-state index in [1.165, 1.54) is 38.9 Å². The number of fused-ring (bicyclic) bond motifs is 8. The van der Waals surface area contributed by atoms with Crippen molar-refractivity contribution in [3.05, 3.63) is 331 Å². The monoisotopic (exact) mass is 1600 g/mol. The van der Waals surface area contributed by atoms with E-state index in [-0.39, 0.29) is 30.2 Å². The number of benzene rings is 12. The summed E-state index contributed by atoms with van der Waals surface area (Å²) in [5.74, 6) is 0.785. The standard InChI is InChI=1S/C22H19BrN4.C22H17ClN4O.C22H19ClN4.C21H16ClN5O.ClH/c1-15(24)26-25-12-18-14-27(22-10-9-19(23)11-21(18)22)13-17-7-4-6-16-5-2-3-8-20(16)17;1-14(24)26-25-12-16-13-27(21-10-9-17(23)11-20(16)21)22(28)19-8-4-6-15-5-2-3-7-18(15)19;1-15(24)26-25-12-18-14-27(22-10-9-19(23)11-21(18)22)13-17-7-4-6-16-5-2-3-8-20(16)17;22-17-7-8-19-18(10-17)16(11-25-26-21(23)24)12-27(19)20(28)15-6-5-13-3-1-2-4-14(13)9-15;/h2-12,14H,13H2,1H3,(H2,24,26);2-13H,1H3,(H2,24,26);2-12,14H,13H2,1H3,(H2,24,26);1-12H,(H4,23,24,26);1H/p-1/b3*25-12+;25-11+;. The third kappa shape index (κ3) is 18.5. The van der Waals surface area contributed by atoms with Gasteiger partial charge in [-0.25, -0.2) is 0 Å². The van der Waals surface area contributed by atoms with Crippen LogP contribution in [0.3, 0.4) is 0 Å². The Morgan fingerprint density at radius 2 is 0.730 bits per heavy atom. The van der Waals surface area contributed by atoms with Crippen molar-refractivity contribution in [2.24, 2.45) is 69.5 Å². The van der Waals surface area contributed by atoms with Gasteiger partial charge in [-0.05, 0) is 166 Å². The number of hydrogen-bond donors (Lipinski definition) is 5. The molecule has 4 aromatic heterocycles. The highest BCUT2D eigenvalue weighted by molar-refractivity contribution is 9.10. The second-order valence-electron chi connectivity index (χ2n) is 25.7. The highest BCUT2D eigenvalue weighted by atomic mass is 79.9. The number of amidine groups is 3. The quantitative estimate of drug-likeness (QED) is 0.0398. The Balaban J connectivity index is 0.000000137. The van der Waals surface area contributed by atoms with Gasteiger partial charge in [0.05, 0.1) is 35.9 Å². The summed E-state index contributed by atoms with van der Waals surface area (Å²) in [6, 6.07) is 79.8. The van der Waals surface area contributed by atoms with Crippen molar-refractivity contribution >= 4 is 198 Å². The molecule has 24 heteroatoms. The fourth-order valence-electron chi connectivity index (χ4n) is 13.0. The van der Waals surface area contributed by atoms with Crippen molar-refractivity contribution in [2.75, 3.05) is 0 Å². The normalized spacial score (nSPS) is 12.0. The lowest BCUT2D eigenvalue weighted by Gasteiger charge is -2.09. The highest BCUT2D eigenvalue weighted by Gasteiger charge is 2.20. The number of hydrogen-bond acceptors (Lipinski definition) is 10. The number of halogens is 5. The van der Waals surface area contributed by atoms with Gasteiger partial charge in [0, 0.05) is 123 Å². The van der Waals surface area contributed by atoms with Crippen LogP contribution in [0.4, 0.5) is 0 Å². The van der Waals surface area contributed by atoms with Crippen LogP contribution < -0.4 is 41.1 Å². The van der Waals surface area contributed by atoms with Crippen molar-refractivity contribution in [2.45, 2.75) is 33.9 Å². The van der Waals surface area contributed by atoms with E-state index in [9.17, 15) is 9.59 Å². The lowest BCUT2D eigenvalue weighted by molar-refractivity contribution is -0.0000373. The molecule has 111 heavy (non-hydrogen) atoms. The Bertz CT molecular complexity index is 6250. The van der Waals surface area contributed by atoms with Gasteiger partial charge >= 0.3 is 0 Å². The van der Waals surface area contributed by atoms with Gasteiger partial charge in [-0.15, -0.1) is 20.4 Å². The van der Waals surface area contributed by atoms with Crippen molar-refractivity contribution in [3.8, 4) is 0 Å². The predicted molar refractivity (Wildman–Crippen MR) is 462 cm³/mol. The summed E-state index contributed by atoms with van der Waals surface area (Å²) in [7, 11) is 0. The second kappa shape index (κ2) is 35.5. The summed E-state index contributed by atoms with van der Waals surface area (Å²) in [4.78, 5) is 26.6. The first-order chi connectivity index (χ1) is 53.3. The summed E-state index contributed by atoms with van der Waals surface area (Å²) in [5, 5.41) is 45.9. The van der Waals surface area contributed by atoms with Gasteiger partial charge in [-0.3, -0.25) is 18.7 Å². The fraction of sp³-hybridized carbons (Fsp3) is 0.0575. The minimum atomic E-state index is -0.153. The minimum absolute atomic E-state index is 0. The molecular formula is C87H71BrCl4N17O2-. The molecule has 10 N–H and O–H groups in total. The van der Waals surface area contributed by atoms with Crippen molar-refractivity contribution in [3.63, 3.8) is 0 Å². The van der Waals surface area contributed by atoms with Gasteiger partial charge in [0.25, 0.3) is 11.8 Å². The van der Waals surface area contributed by atoms with Crippen LogP contribution in [0, 0.1) is 0 Å². The maximum atomic E-state index is 13.4. The average Bonchev–Trinajstić information content (AvgIpc) is 1.66. The fourth-order valence-corrected chi connectivity index (χ4v) is 13.9. The Kier molecular flexibility index (Phi) is 24.9. The average molecular weight is 1610 g/mol. The van der Waals surface area contributed by atoms with Crippen molar-refractivity contribution in [1.82, 2.24) is 18.3 Å². The van der Waals surface area contributed by atoms with E-state index in [1.54, 1.807) is 85.2 Å². The number of guanidine groups is 1. The van der Waals surface area contributed by atoms with Crippen LogP contribution >= 0.6 is 50.7 Å². The van der Waals surface area contributed by atoms with E-state index >= 15 is 0 Å². The zero-order valence-electron chi connectivity index (χ0n) is 60.1. The molecule has 0 spiro atoms. The van der Waals surface area contributed by atoms with E-state index in [2.05, 4.69) is 181 Å². The number of carbonyl (C=O) groups is 2.